The summed E-state index contributed by atoms with van der Waals surface area (Å²) in [4.78, 5) is 4.29. The monoisotopic (exact) mass is 285 g/mol. The molecule has 5 nitrogen and oxygen atoms in total. The maximum absolute atomic E-state index is 4.29. The lowest BCUT2D eigenvalue weighted by Crippen LogP contribution is -1.99. The molecule has 0 unspecified atom stereocenters. The molecule has 0 amide bonds. The number of anilines is 1. The van der Waals surface area contributed by atoms with E-state index in [9.17, 15) is 0 Å². The van der Waals surface area contributed by atoms with Gasteiger partial charge in [0.2, 0.25) is 5.13 Å². The van der Waals surface area contributed by atoms with E-state index >= 15 is 0 Å². The Morgan fingerprint density at radius 3 is 2.90 bits per heavy atom. The quantitative estimate of drug-likeness (QED) is 0.801. The van der Waals surface area contributed by atoms with Gasteiger partial charge in [-0.05, 0) is 24.1 Å². The van der Waals surface area contributed by atoms with Crippen LogP contribution in [0.4, 0.5) is 5.13 Å². The Bertz CT molecular complexity index is 716. The zero-order valence-electron chi connectivity index (χ0n) is 11.4. The van der Waals surface area contributed by atoms with Crippen LogP contribution in [0.1, 0.15) is 11.4 Å². The Kier molecular flexibility index (Phi) is 3.47. The standard InChI is InChI=1S/C14H15N5S/c1-10-17-14(20-18-10)15-7-11-4-3-5-12(6-11)13-8-16-19(2)9-13/h3-6,8-9H,7H2,1-2H3,(H,15,17,18). The van der Waals surface area contributed by atoms with E-state index in [1.807, 2.05) is 31.0 Å². The van der Waals surface area contributed by atoms with Crippen molar-refractivity contribution in [2.75, 3.05) is 5.32 Å². The summed E-state index contributed by atoms with van der Waals surface area (Å²) in [5.41, 5.74) is 3.51. The fourth-order valence-corrected chi connectivity index (χ4v) is 2.55. The smallest absolute Gasteiger partial charge is 0.202 e. The summed E-state index contributed by atoms with van der Waals surface area (Å²) < 4.78 is 5.96. The number of hydrogen-bond donors (Lipinski definition) is 1. The second kappa shape index (κ2) is 5.42. The molecule has 3 rings (SSSR count). The van der Waals surface area contributed by atoms with E-state index < -0.39 is 0 Å². The number of nitrogens with one attached hydrogen (secondary N) is 1. The zero-order chi connectivity index (χ0) is 13.9. The molecule has 0 saturated heterocycles. The normalized spacial score (nSPS) is 10.7. The van der Waals surface area contributed by atoms with Gasteiger partial charge in [0.15, 0.2) is 0 Å². The van der Waals surface area contributed by atoms with Crippen molar-refractivity contribution in [3.05, 3.63) is 48.0 Å². The predicted molar refractivity (Wildman–Crippen MR) is 80.6 cm³/mol. The van der Waals surface area contributed by atoms with Crippen LogP contribution in [-0.2, 0) is 13.6 Å². The highest BCUT2D eigenvalue weighted by Gasteiger charge is 2.03. The number of benzene rings is 1. The van der Waals surface area contributed by atoms with Crippen molar-refractivity contribution < 1.29 is 0 Å². The van der Waals surface area contributed by atoms with Crippen LogP contribution in [0, 0.1) is 6.92 Å². The predicted octanol–water partition coefficient (Wildman–Crippen LogP) is 2.86. The first-order valence-corrected chi connectivity index (χ1v) is 7.10. The SMILES string of the molecule is Cc1nsc(NCc2cccc(-c3cnn(C)c3)c2)n1. The molecule has 102 valence electrons. The van der Waals surface area contributed by atoms with Crippen LogP contribution in [-0.4, -0.2) is 19.1 Å². The minimum atomic E-state index is 0.739. The molecular weight excluding hydrogens is 270 g/mol. The van der Waals surface area contributed by atoms with Crippen molar-refractivity contribution in [3.8, 4) is 11.1 Å². The van der Waals surface area contributed by atoms with Gasteiger partial charge >= 0.3 is 0 Å². The topological polar surface area (TPSA) is 55.6 Å². The van der Waals surface area contributed by atoms with E-state index in [0.717, 1.165) is 23.1 Å². The summed E-state index contributed by atoms with van der Waals surface area (Å²) in [6, 6.07) is 8.42. The molecule has 0 aliphatic rings. The van der Waals surface area contributed by atoms with Crippen LogP contribution >= 0.6 is 11.5 Å². The Morgan fingerprint density at radius 2 is 2.20 bits per heavy atom. The molecule has 0 saturated carbocycles. The summed E-state index contributed by atoms with van der Waals surface area (Å²) in [6.07, 6.45) is 3.89. The summed E-state index contributed by atoms with van der Waals surface area (Å²) in [7, 11) is 1.92. The van der Waals surface area contributed by atoms with Gasteiger partial charge in [0.25, 0.3) is 0 Å². The van der Waals surface area contributed by atoms with E-state index in [0.29, 0.717) is 0 Å². The third kappa shape index (κ3) is 2.85. The summed E-state index contributed by atoms with van der Waals surface area (Å²) in [5, 5.41) is 8.35. The van der Waals surface area contributed by atoms with Gasteiger partial charge < -0.3 is 5.32 Å². The highest BCUT2D eigenvalue weighted by molar-refractivity contribution is 7.09. The average Bonchev–Trinajstić information content (AvgIpc) is 3.06. The second-order valence-electron chi connectivity index (χ2n) is 4.60. The van der Waals surface area contributed by atoms with Gasteiger partial charge in [-0.3, -0.25) is 4.68 Å². The van der Waals surface area contributed by atoms with Crippen LogP contribution in [0.3, 0.4) is 0 Å². The van der Waals surface area contributed by atoms with Gasteiger partial charge in [0, 0.05) is 36.9 Å². The fraction of sp³-hybridized carbons (Fsp3) is 0.214. The van der Waals surface area contributed by atoms with Gasteiger partial charge in [-0.25, -0.2) is 4.98 Å². The lowest BCUT2D eigenvalue weighted by atomic mass is 10.1. The molecule has 0 atom stereocenters. The highest BCUT2D eigenvalue weighted by Crippen LogP contribution is 2.20. The molecule has 1 aromatic carbocycles. The number of nitrogens with zero attached hydrogens (tertiary/aromatic N) is 4. The number of hydrogen-bond acceptors (Lipinski definition) is 5. The van der Waals surface area contributed by atoms with E-state index in [1.165, 1.54) is 22.7 Å². The summed E-state index contributed by atoms with van der Waals surface area (Å²) >= 11 is 1.39. The maximum Gasteiger partial charge on any atom is 0.202 e. The molecule has 0 spiro atoms. The molecule has 1 N–H and O–H groups in total. The van der Waals surface area contributed by atoms with Gasteiger partial charge in [-0.15, -0.1) is 0 Å². The number of aromatic nitrogens is 4. The van der Waals surface area contributed by atoms with Gasteiger partial charge in [-0.1, -0.05) is 18.2 Å². The second-order valence-corrected chi connectivity index (χ2v) is 5.36. The van der Waals surface area contributed by atoms with Crippen LogP contribution in [0.25, 0.3) is 11.1 Å². The van der Waals surface area contributed by atoms with Crippen molar-refractivity contribution in [2.24, 2.45) is 7.05 Å². The Hall–Kier alpha value is -2.21. The Balaban J connectivity index is 1.74. The lowest BCUT2D eigenvalue weighted by molar-refractivity contribution is 0.768. The molecule has 0 fully saturated rings. The van der Waals surface area contributed by atoms with E-state index in [1.54, 1.807) is 0 Å². The van der Waals surface area contributed by atoms with Crippen molar-refractivity contribution in [3.63, 3.8) is 0 Å². The molecule has 20 heavy (non-hydrogen) atoms. The van der Waals surface area contributed by atoms with E-state index in [2.05, 4.69) is 44.0 Å². The molecule has 0 radical (unpaired) electrons. The molecule has 0 aliphatic heterocycles. The Labute approximate surface area is 121 Å². The Morgan fingerprint density at radius 1 is 1.30 bits per heavy atom. The maximum atomic E-state index is 4.29. The average molecular weight is 285 g/mol. The van der Waals surface area contributed by atoms with Crippen molar-refractivity contribution in [1.82, 2.24) is 19.1 Å². The number of aryl methyl sites for hydroxylation is 2. The first-order valence-electron chi connectivity index (χ1n) is 6.33. The van der Waals surface area contributed by atoms with Crippen LogP contribution in [0.5, 0.6) is 0 Å². The van der Waals surface area contributed by atoms with Crippen molar-refractivity contribution >= 4 is 16.7 Å². The molecular formula is C14H15N5S. The molecule has 3 aromatic rings. The summed E-state index contributed by atoms with van der Waals surface area (Å²) in [5.74, 6) is 0.807. The van der Waals surface area contributed by atoms with Crippen molar-refractivity contribution in [2.45, 2.75) is 13.5 Å². The van der Waals surface area contributed by atoms with Crippen LogP contribution < -0.4 is 5.32 Å². The first-order chi connectivity index (χ1) is 9.70. The van der Waals surface area contributed by atoms with Crippen LogP contribution in [0.2, 0.25) is 0 Å². The molecule has 6 heteroatoms. The van der Waals surface area contributed by atoms with E-state index in [4.69, 9.17) is 0 Å². The highest BCUT2D eigenvalue weighted by atomic mass is 32.1. The molecule has 2 heterocycles. The third-order valence-corrected chi connectivity index (χ3v) is 3.70. The van der Waals surface area contributed by atoms with Gasteiger partial charge in [0.1, 0.15) is 5.82 Å². The molecule has 0 bridgehead atoms. The molecule has 2 aromatic heterocycles. The minimum Gasteiger partial charge on any atom is -0.356 e. The van der Waals surface area contributed by atoms with Gasteiger partial charge in [0.05, 0.1) is 6.20 Å². The minimum absolute atomic E-state index is 0.739. The summed E-state index contributed by atoms with van der Waals surface area (Å²) in [6.45, 7) is 2.63. The fourth-order valence-electron chi connectivity index (χ4n) is 1.98. The van der Waals surface area contributed by atoms with Gasteiger partial charge in [-0.2, -0.15) is 9.47 Å². The van der Waals surface area contributed by atoms with Crippen LogP contribution in [0.15, 0.2) is 36.7 Å². The van der Waals surface area contributed by atoms with E-state index in [-0.39, 0.29) is 0 Å². The lowest BCUT2D eigenvalue weighted by Gasteiger charge is -2.04. The van der Waals surface area contributed by atoms with Crippen molar-refractivity contribution in [1.29, 1.82) is 0 Å². The zero-order valence-corrected chi connectivity index (χ0v) is 12.2. The first kappa shape index (κ1) is 12.8. The largest absolute Gasteiger partial charge is 0.356 e. The third-order valence-electron chi connectivity index (χ3n) is 2.94. The number of rotatable bonds is 4. The molecule has 0 aliphatic carbocycles.